The van der Waals surface area contributed by atoms with Gasteiger partial charge in [0, 0.05) is 16.0 Å². The largest absolute Gasteiger partial charge is 0.477 e. The molecule has 21 heavy (non-hydrogen) atoms. The molecule has 0 atom stereocenters. The summed E-state index contributed by atoms with van der Waals surface area (Å²) in [5, 5.41) is 9.60. The fourth-order valence-electron chi connectivity index (χ4n) is 2.36. The lowest BCUT2D eigenvalue weighted by molar-refractivity contribution is -0.0499. The monoisotopic (exact) mass is 304 g/mol. The maximum absolute atomic E-state index is 11.0. The summed E-state index contributed by atoms with van der Waals surface area (Å²) < 4.78 is 5.26. The molecule has 0 spiro atoms. The van der Waals surface area contributed by atoms with Gasteiger partial charge in [0.15, 0.2) is 5.69 Å². The fourth-order valence-corrected chi connectivity index (χ4v) is 2.77. The number of aromatic nitrogens is 2. The molecule has 0 radical (unpaired) electrons. The maximum atomic E-state index is 11.0. The van der Waals surface area contributed by atoms with Crippen molar-refractivity contribution in [1.29, 1.82) is 0 Å². The first-order valence-electron chi connectivity index (χ1n) is 6.43. The Kier molecular flexibility index (Phi) is 3.39. The van der Waals surface area contributed by atoms with E-state index >= 15 is 0 Å². The van der Waals surface area contributed by atoms with Crippen LogP contribution in [0, 0.1) is 0 Å². The molecule has 108 valence electrons. The number of ether oxygens (including phenoxy) is 1. The van der Waals surface area contributed by atoms with Crippen molar-refractivity contribution in [2.24, 2.45) is 0 Å². The Bertz CT molecular complexity index is 714. The average Bonchev–Trinajstić information content (AvgIpc) is 2.45. The summed E-state index contributed by atoms with van der Waals surface area (Å²) >= 11 is 6.36. The van der Waals surface area contributed by atoms with Crippen LogP contribution in [0.25, 0.3) is 11.3 Å². The SMILES string of the molecule is CC1(c2ccc(-c3cc(C(=O)O)ncn3)cc2Cl)COC1. The zero-order chi connectivity index (χ0) is 15.0. The standard InChI is InChI=1S/C15H13ClN2O3/c1-15(6-21-7-15)10-3-2-9(4-11(10)16)12-5-13(14(19)20)18-8-17-12/h2-5,8H,6-7H2,1H3,(H,19,20). The molecule has 1 aliphatic heterocycles. The van der Waals surface area contributed by atoms with Crippen LogP contribution in [0.2, 0.25) is 5.02 Å². The molecule has 2 heterocycles. The molecule has 5 nitrogen and oxygen atoms in total. The van der Waals surface area contributed by atoms with Crippen LogP contribution < -0.4 is 0 Å². The van der Waals surface area contributed by atoms with E-state index in [-0.39, 0.29) is 11.1 Å². The molecular formula is C15H13ClN2O3. The number of aromatic carboxylic acids is 1. The molecule has 2 aromatic rings. The quantitative estimate of drug-likeness (QED) is 0.944. The lowest BCUT2D eigenvalue weighted by Crippen LogP contribution is -2.44. The lowest BCUT2D eigenvalue weighted by Gasteiger charge is -2.39. The van der Waals surface area contributed by atoms with Crippen molar-refractivity contribution in [3.8, 4) is 11.3 Å². The van der Waals surface area contributed by atoms with Crippen molar-refractivity contribution in [1.82, 2.24) is 9.97 Å². The number of halogens is 1. The van der Waals surface area contributed by atoms with Crippen molar-refractivity contribution in [3.63, 3.8) is 0 Å². The van der Waals surface area contributed by atoms with Crippen molar-refractivity contribution < 1.29 is 14.6 Å². The normalized spacial score (nSPS) is 16.3. The number of benzene rings is 1. The third-order valence-electron chi connectivity index (χ3n) is 3.64. The minimum absolute atomic E-state index is 0.0421. The molecule has 1 N–H and O–H groups in total. The van der Waals surface area contributed by atoms with Gasteiger partial charge in [0.1, 0.15) is 6.33 Å². The predicted octanol–water partition coefficient (Wildman–Crippen LogP) is 2.78. The van der Waals surface area contributed by atoms with Crippen molar-refractivity contribution in [2.75, 3.05) is 13.2 Å². The Morgan fingerprint density at radius 3 is 2.67 bits per heavy atom. The van der Waals surface area contributed by atoms with Gasteiger partial charge in [-0.25, -0.2) is 14.8 Å². The van der Waals surface area contributed by atoms with Crippen LogP contribution in [0.5, 0.6) is 0 Å². The number of hydrogen-bond acceptors (Lipinski definition) is 4. The van der Waals surface area contributed by atoms with Gasteiger partial charge in [-0.1, -0.05) is 30.7 Å². The van der Waals surface area contributed by atoms with Gasteiger partial charge in [-0.15, -0.1) is 0 Å². The Balaban J connectivity index is 1.99. The van der Waals surface area contributed by atoms with E-state index in [4.69, 9.17) is 21.4 Å². The maximum Gasteiger partial charge on any atom is 0.354 e. The average molecular weight is 305 g/mol. The summed E-state index contributed by atoms with van der Waals surface area (Å²) in [6, 6.07) is 7.07. The molecule has 3 rings (SSSR count). The number of hydrogen-bond donors (Lipinski definition) is 1. The second kappa shape index (κ2) is 5.09. The molecule has 1 aromatic heterocycles. The number of nitrogens with zero attached hydrogens (tertiary/aromatic N) is 2. The van der Waals surface area contributed by atoms with E-state index in [2.05, 4.69) is 16.9 Å². The zero-order valence-corrected chi connectivity index (χ0v) is 12.1. The van der Waals surface area contributed by atoms with E-state index in [1.807, 2.05) is 12.1 Å². The predicted molar refractivity (Wildman–Crippen MR) is 77.6 cm³/mol. The molecule has 0 aliphatic carbocycles. The van der Waals surface area contributed by atoms with Gasteiger partial charge >= 0.3 is 5.97 Å². The Hall–Kier alpha value is -1.98. The van der Waals surface area contributed by atoms with E-state index in [0.29, 0.717) is 23.9 Å². The summed E-state index contributed by atoms with van der Waals surface area (Å²) in [5.41, 5.74) is 2.24. The molecule has 1 saturated heterocycles. The van der Waals surface area contributed by atoms with Crippen LogP contribution >= 0.6 is 11.6 Å². The van der Waals surface area contributed by atoms with Gasteiger partial charge in [0.05, 0.1) is 18.9 Å². The first kappa shape index (κ1) is 14.0. The summed E-state index contributed by atoms with van der Waals surface area (Å²) in [4.78, 5) is 18.8. The third-order valence-corrected chi connectivity index (χ3v) is 3.96. The van der Waals surface area contributed by atoms with Gasteiger partial charge < -0.3 is 9.84 Å². The highest BCUT2D eigenvalue weighted by molar-refractivity contribution is 6.31. The van der Waals surface area contributed by atoms with Crippen molar-refractivity contribution in [2.45, 2.75) is 12.3 Å². The number of carboxylic acid groups (broad SMARTS) is 1. The van der Waals surface area contributed by atoms with Crippen LogP contribution in [0.1, 0.15) is 23.0 Å². The second-order valence-corrected chi connectivity index (χ2v) is 5.75. The van der Waals surface area contributed by atoms with Gasteiger partial charge in [-0.05, 0) is 17.7 Å². The molecule has 6 heteroatoms. The van der Waals surface area contributed by atoms with Gasteiger partial charge in [0.25, 0.3) is 0 Å². The van der Waals surface area contributed by atoms with Crippen LogP contribution in [0.4, 0.5) is 0 Å². The summed E-state index contributed by atoms with van der Waals surface area (Å²) in [6.45, 7) is 3.41. The highest BCUT2D eigenvalue weighted by Crippen LogP contribution is 2.37. The van der Waals surface area contributed by atoms with Crippen molar-refractivity contribution >= 4 is 17.6 Å². The number of rotatable bonds is 3. The molecule has 0 bridgehead atoms. The van der Waals surface area contributed by atoms with Gasteiger partial charge in [-0.2, -0.15) is 0 Å². The molecule has 0 amide bonds. The topological polar surface area (TPSA) is 72.3 Å². The van der Waals surface area contributed by atoms with E-state index < -0.39 is 5.97 Å². The van der Waals surface area contributed by atoms with E-state index in [1.165, 1.54) is 12.4 Å². The third kappa shape index (κ3) is 2.50. The molecule has 0 unspecified atom stereocenters. The van der Waals surface area contributed by atoms with E-state index in [9.17, 15) is 4.79 Å². The molecule has 0 saturated carbocycles. The van der Waals surface area contributed by atoms with Crippen LogP contribution in [-0.2, 0) is 10.2 Å². The highest BCUT2D eigenvalue weighted by Gasteiger charge is 2.36. The second-order valence-electron chi connectivity index (χ2n) is 5.34. The first-order valence-corrected chi connectivity index (χ1v) is 6.81. The van der Waals surface area contributed by atoms with Gasteiger partial charge in [0.2, 0.25) is 0 Å². The number of carbonyl (C=O) groups is 1. The fraction of sp³-hybridized carbons (Fsp3) is 0.267. The zero-order valence-electron chi connectivity index (χ0n) is 11.3. The Labute approximate surface area is 126 Å². The Morgan fingerprint density at radius 1 is 1.33 bits per heavy atom. The molecule has 1 aromatic carbocycles. The van der Waals surface area contributed by atoms with Gasteiger partial charge in [-0.3, -0.25) is 0 Å². The molecule has 1 aliphatic rings. The lowest BCUT2D eigenvalue weighted by atomic mass is 9.80. The summed E-state index contributed by atoms with van der Waals surface area (Å²) in [7, 11) is 0. The van der Waals surface area contributed by atoms with Crippen LogP contribution in [0.3, 0.4) is 0 Å². The molecular weight excluding hydrogens is 292 g/mol. The smallest absolute Gasteiger partial charge is 0.354 e. The minimum Gasteiger partial charge on any atom is -0.477 e. The van der Waals surface area contributed by atoms with Crippen molar-refractivity contribution in [3.05, 3.63) is 46.9 Å². The van der Waals surface area contributed by atoms with Crippen LogP contribution in [0.15, 0.2) is 30.6 Å². The summed E-state index contributed by atoms with van der Waals surface area (Å²) in [5.74, 6) is -1.08. The highest BCUT2D eigenvalue weighted by atomic mass is 35.5. The Morgan fingerprint density at radius 2 is 2.10 bits per heavy atom. The van der Waals surface area contributed by atoms with E-state index in [1.54, 1.807) is 6.07 Å². The minimum atomic E-state index is -1.08. The van der Waals surface area contributed by atoms with Crippen LogP contribution in [-0.4, -0.2) is 34.3 Å². The summed E-state index contributed by atoms with van der Waals surface area (Å²) in [6.07, 6.45) is 1.24. The molecule has 1 fully saturated rings. The first-order chi connectivity index (χ1) is 9.99. The number of carboxylic acids is 1. The van der Waals surface area contributed by atoms with E-state index in [0.717, 1.165) is 11.1 Å².